The third-order valence-electron chi connectivity index (χ3n) is 7.81. The molecule has 1 N–H and O–H groups in total. The summed E-state index contributed by atoms with van der Waals surface area (Å²) in [6.07, 6.45) is 3.61. The van der Waals surface area contributed by atoms with Crippen molar-refractivity contribution in [2.75, 3.05) is 46.6 Å². The highest BCUT2D eigenvalue weighted by Crippen LogP contribution is 2.38. The van der Waals surface area contributed by atoms with Gasteiger partial charge in [-0.05, 0) is 42.8 Å². The number of methoxy groups -OCH3 is 1. The lowest BCUT2D eigenvalue weighted by atomic mass is 10.1. The minimum Gasteiger partial charge on any atom is -0.493 e. The molecule has 47 heavy (non-hydrogen) atoms. The van der Waals surface area contributed by atoms with Gasteiger partial charge in [-0.25, -0.2) is 18.1 Å². The molecule has 0 spiro atoms. The summed E-state index contributed by atoms with van der Waals surface area (Å²) in [6, 6.07) is 14.8. The van der Waals surface area contributed by atoms with Crippen molar-refractivity contribution in [2.45, 2.75) is 6.42 Å². The predicted molar refractivity (Wildman–Crippen MR) is 172 cm³/mol. The number of benzene rings is 3. The zero-order valence-corrected chi connectivity index (χ0v) is 25.9. The van der Waals surface area contributed by atoms with E-state index in [-0.39, 0.29) is 22.8 Å². The fourth-order valence-electron chi connectivity index (χ4n) is 5.29. The van der Waals surface area contributed by atoms with E-state index < -0.39 is 23.2 Å². The molecule has 0 aliphatic carbocycles. The van der Waals surface area contributed by atoms with Crippen LogP contribution in [0.25, 0.3) is 16.6 Å². The molecule has 0 bridgehead atoms. The Kier molecular flexibility index (Phi) is 9.45. The maximum Gasteiger partial charge on any atom is 0.336 e. The fraction of sp³-hybridized carbons (Fsp3) is 0.265. The number of ether oxygens (including phenoxy) is 4. The van der Waals surface area contributed by atoms with Gasteiger partial charge in [-0.3, -0.25) is 19.4 Å². The van der Waals surface area contributed by atoms with Crippen LogP contribution in [0.1, 0.15) is 12.1 Å². The molecule has 1 aliphatic heterocycles. The Labute approximate surface area is 268 Å². The molecular formula is C34H33F2N5O6. The van der Waals surface area contributed by atoms with Crippen LogP contribution in [0.3, 0.4) is 0 Å². The van der Waals surface area contributed by atoms with Gasteiger partial charge in [0.05, 0.1) is 50.0 Å². The zero-order valence-electron chi connectivity index (χ0n) is 25.9. The van der Waals surface area contributed by atoms with E-state index in [4.69, 9.17) is 18.9 Å². The Bertz CT molecular complexity index is 1990. The number of nitrogens with zero attached hydrogens (tertiary/aromatic N) is 5. The van der Waals surface area contributed by atoms with E-state index in [1.54, 1.807) is 37.6 Å². The number of morpholine rings is 1. The van der Waals surface area contributed by atoms with E-state index in [9.17, 15) is 14.3 Å². The SMILES string of the molecule is COc1cc2c(Oc3ccc(N=Cc4c(O)n(-c5ccccc5F)c(=O)n4C)cc3F)ccnc2cc1OCCCN1CCOCC1. The highest BCUT2D eigenvalue weighted by Gasteiger charge is 2.20. The average molecular weight is 646 g/mol. The molecule has 3 heterocycles. The number of aromatic hydroxyl groups is 1. The molecule has 3 aromatic carbocycles. The van der Waals surface area contributed by atoms with Crippen LogP contribution in [0, 0.1) is 11.6 Å². The van der Waals surface area contributed by atoms with E-state index in [1.807, 2.05) is 0 Å². The normalized spacial score (nSPS) is 13.8. The summed E-state index contributed by atoms with van der Waals surface area (Å²) in [4.78, 5) is 23.8. The predicted octanol–water partition coefficient (Wildman–Crippen LogP) is 5.36. The first-order chi connectivity index (χ1) is 22.8. The van der Waals surface area contributed by atoms with Crippen molar-refractivity contribution in [3.05, 3.63) is 94.7 Å². The van der Waals surface area contributed by atoms with Gasteiger partial charge in [0.2, 0.25) is 5.88 Å². The number of aromatic nitrogens is 3. The van der Waals surface area contributed by atoms with Crippen LogP contribution in [-0.4, -0.2) is 76.9 Å². The molecule has 6 rings (SSSR count). The molecule has 244 valence electrons. The first kappa shape index (κ1) is 31.7. The second kappa shape index (κ2) is 14.0. The van der Waals surface area contributed by atoms with Gasteiger partial charge in [0.1, 0.15) is 17.3 Å². The van der Waals surface area contributed by atoms with Crippen LogP contribution in [0.5, 0.6) is 28.9 Å². The minimum atomic E-state index is -0.696. The number of fused-ring (bicyclic) bond motifs is 1. The maximum atomic E-state index is 15.3. The topological polar surface area (TPSA) is 113 Å². The number of pyridine rings is 1. The summed E-state index contributed by atoms with van der Waals surface area (Å²) < 4.78 is 54.5. The van der Waals surface area contributed by atoms with Gasteiger partial charge < -0.3 is 24.1 Å². The molecule has 13 heteroatoms. The largest absolute Gasteiger partial charge is 0.493 e. The standard InChI is InChI=1S/C34H33F2N5O6/c1-39-28(33(42)41(34(39)43)27-7-4-3-6-24(27)35)21-38-22-8-9-30(25(36)18-22)47-29-10-11-37-26-20-32(31(44-2)19-23(26)29)46-15-5-12-40-13-16-45-17-14-40/h3-4,6-11,18-21,42H,5,12-17H2,1-2H3. The Hall–Kier alpha value is -5.27. The number of rotatable bonds is 11. The molecule has 1 aliphatic rings. The number of aliphatic imine (C=N–C) groups is 1. The molecule has 0 radical (unpaired) electrons. The van der Waals surface area contributed by atoms with Crippen molar-refractivity contribution in [1.82, 2.24) is 19.0 Å². The molecule has 2 aromatic heterocycles. The first-order valence-electron chi connectivity index (χ1n) is 15.0. The van der Waals surface area contributed by atoms with Gasteiger partial charge in [0.15, 0.2) is 23.1 Å². The zero-order chi connectivity index (χ0) is 32.9. The van der Waals surface area contributed by atoms with Crippen molar-refractivity contribution in [1.29, 1.82) is 0 Å². The third kappa shape index (κ3) is 6.81. The highest BCUT2D eigenvalue weighted by atomic mass is 19.1. The molecule has 1 saturated heterocycles. The van der Waals surface area contributed by atoms with Crippen LogP contribution in [0.2, 0.25) is 0 Å². The Balaban J connectivity index is 1.18. The summed E-state index contributed by atoms with van der Waals surface area (Å²) in [5, 5.41) is 11.3. The summed E-state index contributed by atoms with van der Waals surface area (Å²) >= 11 is 0. The van der Waals surface area contributed by atoms with E-state index in [0.717, 1.165) is 54.5 Å². The number of hydrogen-bond acceptors (Lipinski definition) is 9. The summed E-state index contributed by atoms with van der Waals surface area (Å²) in [6.45, 7) is 4.76. The summed E-state index contributed by atoms with van der Waals surface area (Å²) in [5.74, 6) is -0.536. The molecule has 0 saturated carbocycles. The Morgan fingerprint density at radius 3 is 2.57 bits per heavy atom. The van der Waals surface area contributed by atoms with Crippen molar-refractivity contribution in [3.63, 3.8) is 0 Å². The molecule has 11 nitrogen and oxygen atoms in total. The molecule has 0 unspecified atom stereocenters. The Morgan fingerprint density at radius 2 is 1.81 bits per heavy atom. The van der Waals surface area contributed by atoms with Crippen LogP contribution in [0.15, 0.2) is 76.6 Å². The second-order valence-corrected chi connectivity index (χ2v) is 10.8. The van der Waals surface area contributed by atoms with Crippen LogP contribution in [-0.2, 0) is 11.8 Å². The second-order valence-electron chi connectivity index (χ2n) is 10.8. The van der Waals surface area contributed by atoms with Crippen molar-refractivity contribution in [3.8, 4) is 34.6 Å². The van der Waals surface area contributed by atoms with Crippen molar-refractivity contribution >= 4 is 22.8 Å². The molecule has 1 fully saturated rings. The summed E-state index contributed by atoms with van der Waals surface area (Å²) in [7, 11) is 2.96. The minimum absolute atomic E-state index is 0.0108. The van der Waals surface area contributed by atoms with Crippen LogP contribution < -0.4 is 19.9 Å². The average Bonchev–Trinajstić information content (AvgIpc) is 3.29. The highest BCUT2D eigenvalue weighted by molar-refractivity contribution is 5.88. The number of hydrogen-bond donors (Lipinski definition) is 1. The molecule has 0 atom stereocenters. The Morgan fingerprint density at radius 1 is 1.00 bits per heavy atom. The van der Waals surface area contributed by atoms with Gasteiger partial charge in [0, 0.05) is 50.4 Å². The van der Waals surface area contributed by atoms with Gasteiger partial charge in [-0.15, -0.1) is 0 Å². The lowest BCUT2D eigenvalue weighted by molar-refractivity contribution is 0.0357. The molecule has 0 amide bonds. The number of para-hydroxylation sites is 1. The smallest absolute Gasteiger partial charge is 0.336 e. The van der Waals surface area contributed by atoms with Crippen LogP contribution in [0.4, 0.5) is 14.5 Å². The first-order valence-corrected chi connectivity index (χ1v) is 15.0. The van der Waals surface area contributed by atoms with Gasteiger partial charge >= 0.3 is 5.69 Å². The number of imidazole rings is 1. The lowest BCUT2D eigenvalue weighted by Gasteiger charge is -2.26. The fourth-order valence-corrected chi connectivity index (χ4v) is 5.29. The van der Waals surface area contributed by atoms with Crippen LogP contribution >= 0.6 is 0 Å². The van der Waals surface area contributed by atoms with E-state index >= 15 is 4.39 Å². The van der Waals surface area contributed by atoms with E-state index in [2.05, 4.69) is 14.9 Å². The molecular weight excluding hydrogens is 612 g/mol. The van der Waals surface area contributed by atoms with Crippen molar-refractivity contribution in [2.24, 2.45) is 12.0 Å². The maximum absolute atomic E-state index is 15.3. The van der Waals surface area contributed by atoms with Crippen molar-refractivity contribution < 1.29 is 32.8 Å². The van der Waals surface area contributed by atoms with Gasteiger partial charge in [0.25, 0.3) is 0 Å². The quantitative estimate of drug-likeness (QED) is 0.151. The van der Waals surface area contributed by atoms with E-state index in [1.165, 1.54) is 43.6 Å². The van der Waals surface area contributed by atoms with Gasteiger partial charge in [-0.1, -0.05) is 12.1 Å². The molecule has 5 aromatic rings. The number of halogens is 2. The van der Waals surface area contributed by atoms with E-state index in [0.29, 0.717) is 34.8 Å². The van der Waals surface area contributed by atoms with Gasteiger partial charge in [-0.2, -0.15) is 0 Å². The lowest BCUT2D eigenvalue weighted by Crippen LogP contribution is -2.37. The summed E-state index contributed by atoms with van der Waals surface area (Å²) in [5.41, 5.74) is 0.00410. The monoisotopic (exact) mass is 645 g/mol. The third-order valence-corrected chi connectivity index (χ3v) is 7.81.